The third-order valence-electron chi connectivity index (χ3n) is 2.86. The van der Waals surface area contributed by atoms with E-state index < -0.39 is 0 Å². The van der Waals surface area contributed by atoms with Crippen molar-refractivity contribution in [2.75, 3.05) is 6.61 Å². The summed E-state index contributed by atoms with van der Waals surface area (Å²) in [6, 6.07) is 6.00. The van der Waals surface area contributed by atoms with Gasteiger partial charge in [-0.15, -0.1) is 0 Å². The molecule has 0 bridgehead atoms. The van der Waals surface area contributed by atoms with Crippen molar-refractivity contribution in [2.45, 2.75) is 13.0 Å². The second-order valence-corrected chi connectivity index (χ2v) is 4.35. The van der Waals surface area contributed by atoms with Gasteiger partial charge >= 0.3 is 0 Å². The van der Waals surface area contributed by atoms with Gasteiger partial charge in [-0.1, -0.05) is 11.6 Å². The van der Waals surface area contributed by atoms with Crippen LogP contribution in [0.5, 0.6) is 5.75 Å². The van der Waals surface area contributed by atoms with E-state index in [1.165, 1.54) is 5.56 Å². The van der Waals surface area contributed by atoms with Crippen molar-refractivity contribution >= 4 is 11.6 Å². The minimum atomic E-state index is 0.355. The fraction of sp³-hybridized carbons (Fsp3) is 0.250. The molecule has 0 saturated carbocycles. The number of rotatable bonds is 2. The van der Waals surface area contributed by atoms with Crippen LogP contribution in [0.25, 0.3) is 11.3 Å². The summed E-state index contributed by atoms with van der Waals surface area (Å²) < 4.78 is 5.46. The molecule has 17 heavy (non-hydrogen) atoms. The lowest BCUT2D eigenvalue weighted by Crippen LogP contribution is -1.97. The maximum Gasteiger partial charge on any atom is 0.134 e. The van der Waals surface area contributed by atoms with Gasteiger partial charge in [-0.05, 0) is 23.8 Å². The van der Waals surface area contributed by atoms with Gasteiger partial charge < -0.3 is 15.5 Å². The normalized spacial score (nSPS) is 13.5. The van der Waals surface area contributed by atoms with Gasteiger partial charge in [0.15, 0.2) is 0 Å². The number of H-pyrrole nitrogens is 1. The number of nitrogens with zero attached hydrogens (tertiary/aromatic N) is 1. The van der Waals surface area contributed by atoms with Gasteiger partial charge in [0.25, 0.3) is 0 Å². The first-order valence-electron chi connectivity index (χ1n) is 5.48. The molecule has 2 heterocycles. The van der Waals surface area contributed by atoms with Crippen molar-refractivity contribution in [2.24, 2.45) is 5.73 Å². The monoisotopic (exact) mass is 249 g/mol. The number of ether oxygens (including phenoxy) is 1. The fourth-order valence-electron chi connectivity index (χ4n) is 2.02. The van der Waals surface area contributed by atoms with Gasteiger partial charge in [0.05, 0.1) is 13.2 Å². The highest BCUT2D eigenvalue weighted by Crippen LogP contribution is 2.32. The summed E-state index contributed by atoms with van der Waals surface area (Å²) in [5.74, 6) is 1.65. The molecule has 0 radical (unpaired) electrons. The van der Waals surface area contributed by atoms with Crippen LogP contribution in [0, 0.1) is 0 Å². The molecule has 4 nitrogen and oxygen atoms in total. The predicted octanol–water partition coefficient (Wildman–Crippen LogP) is 2.12. The van der Waals surface area contributed by atoms with Crippen LogP contribution in [0.15, 0.2) is 18.2 Å². The van der Waals surface area contributed by atoms with Crippen molar-refractivity contribution in [1.29, 1.82) is 0 Å². The van der Waals surface area contributed by atoms with Crippen molar-refractivity contribution in [1.82, 2.24) is 9.97 Å². The largest absolute Gasteiger partial charge is 0.493 e. The number of imidazole rings is 1. The minimum Gasteiger partial charge on any atom is -0.493 e. The molecule has 88 valence electrons. The molecule has 1 aromatic heterocycles. The molecule has 5 heteroatoms. The summed E-state index contributed by atoms with van der Waals surface area (Å²) in [4.78, 5) is 7.33. The first-order valence-corrected chi connectivity index (χ1v) is 5.86. The Morgan fingerprint density at radius 3 is 3.12 bits per heavy atom. The molecule has 0 fully saturated rings. The van der Waals surface area contributed by atoms with Crippen LogP contribution < -0.4 is 10.5 Å². The summed E-state index contributed by atoms with van der Waals surface area (Å²) in [5, 5.41) is 0.532. The number of fused-ring (bicyclic) bond motifs is 1. The molecule has 3 rings (SSSR count). The SMILES string of the molecule is NCc1nc(-c2ccc3c(c2)CCO3)c(Cl)[nH]1. The summed E-state index contributed by atoms with van der Waals surface area (Å²) >= 11 is 6.10. The van der Waals surface area contributed by atoms with E-state index in [9.17, 15) is 0 Å². The highest BCUT2D eigenvalue weighted by molar-refractivity contribution is 6.31. The maximum absolute atomic E-state index is 6.10. The zero-order chi connectivity index (χ0) is 11.8. The van der Waals surface area contributed by atoms with Crippen molar-refractivity contribution in [3.63, 3.8) is 0 Å². The number of aromatic nitrogens is 2. The van der Waals surface area contributed by atoms with E-state index in [0.717, 1.165) is 30.0 Å². The molecule has 1 aromatic carbocycles. The van der Waals surface area contributed by atoms with E-state index in [2.05, 4.69) is 16.0 Å². The van der Waals surface area contributed by atoms with E-state index in [0.29, 0.717) is 17.5 Å². The Balaban J connectivity index is 2.06. The molecule has 0 atom stereocenters. The van der Waals surface area contributed by atoms with E-state index in [4.69, 9.17) is 22.1 Å². The second kappa shape index (κ2) is 4.05. The van der Waals surface area contributed by atoms with Gasteiger partial charge in [0.1, 0.15) is 22.4 Å². The first kappa shape index (κ1) is 10.6. The quantitative estimate of drug-likeness (QED) is 0.857. The molecule has 0 saturated heterocycles. The summed E-state index contributed by atoms with van der Waals surface area (Å²) in [6.07, 6.45) is 0.939. The third kappa shape index (κ3) is 1.79. The topological polar surface area (TPSA) is 63.9 Å². The minimum absolute atomic E-state index is 0.355. The average molecular weight is 250 g/mol. The standard InChI is InChI=1S/C12H12ClN3O/c13-12-11(15-10(6-14)16-12)8-1-2-9-7(5-8)3-4-17-9/h1-2,5H,3-4,6,14H2,(H,15,16). The molecule has 0 spiro atoms. The molecule has 1 aliphatic rings. The Morgan fingerprint density at radius 1 is 1.47 bits per heavy atom. The Bertz CT molecular complexity index is 565. The molecular weight excluding hydrogens is 238 g/mol. The lowest BCUT2D eigenvalue weighted by Gasteiger charge is -2.01. The van der Waals surface area contributed by atoms with Crippen LogP contribution in [0.1, 0.15) is 11.4 Å². The molecule has 1 aliphatic heterocycles. The van der Waals surface area contributed by atoms with Crippen molar-refractivity contribution in [3.8, 4) is 17.0 Å². The summed E-state index contributed by atoms with van der Waals surface area (Å²) in [6.45, 7) is 1.11. The average Bonchev–Trinajstić information content (AvgIpc) is 2.93. The van der Waals surface area contributed by atoms with Gasteiger partial charge in [-0.3, -0.25) is 0 Å². The summed E-state index contributed by atoms with van der Waals surface area (Å²) in [7, 11) is 0. The number of hydrogen-bond acceptors (Lipinski definition) is 3. The molecule has 0 amide bonds. The Hall–Kier alpha value is -1.52. The highest BCUT2D eigenvalue weighted by Gasteiger charge is 2.15. The van der Waals surface area contributed by atoms with Crippen LogP contribution in [-0.2, 0) is 13.0 Å². The lowest BCUT2D eigenvalue weighted by molar-refractivity contribution is 0.357. The molecule has 3 N–H and O–H groups in total. The second-order valence-electron chi connectivity index (χ2n) is 3.97. The molecular formula is C12H12ClN3O. The smallest absolute Gasteiger partial charge is 0.134 e. The van der Waals surface area contributed by atoms with Crippen molar-refractivity contribution in [3.05, 3.63) is 34.7 Å². The number of halogens is 1. The first-order chi connectivity index (χ1) is 8.28. The zero-order valence-corrected chi connectivity index (χ0v) is 9.92. The molecule has 0 aliphatic carbocycles. The van der Waals surface area contributed by atoms with Crippen LogP contribution >= 0.6 is 11.6 Å². The van der Waals surface area contributed by atoms with Crippen LogP contribution in [-0.4, -0.2) is 16.6 Å². The van der Waals surface area contributed by atoms with E-state index in [1.807, 2.05) is 12.1 Å². The van der Waals surface area contributed by atoms with E-state index in [-0.39, 0.29) is 0 Å². The van der Waals surface area contributed by atoms with Gasteiger partial charge in [0, 0.05) is 12.0 Å². The number of benzene rings is 1. The van der Waals surface area contributed by atoms with E-state index >= 15 is 0 Å². The predicted molar refractivity (Wildman–Crippen MR) is 66.1 cm³/mol. The zero-order valence-electron chi connectivity index (χ0n) is 9.16. The number of aromatic amines is 1. The number of nitrogens with two attached hydrogens (primary N) is 1. The van der Waals surface area contributed by atoms with Crippen LogP contribution in [0.4, 0.5) is 0 Å². The lowest BCUT2D eigenvalue weighted by atomic mass is 10.1. The third-order valence-corrected chi connectivity index (χ3v) is 3.14. The number of hydrogen-bond donors (Lipinski definition) is 2. The van der Waals surface area contributed by atoms with Crippen LogP contribution in [0.2, 0.25) is 5.15 Å². The Morgan fingerprint density at radius 2 is 2.35 bits per heavy atom. The Labute approximate surface area is 104 Å². The summed E-state index contributed by atoms with van der Waals surface area (Å²) in [5.41, 5.74) is 8.48. The molecule has 0 unspecified atom stereocenters. The number of nitrogens with one attached hydrogen (secondary N) is 1. The fourth-order valence-corrected chi connectivity index (χ4v) is 2.28. The van der Waals surface area contributed by atoms with Gasteiger partial charge in [-0.25, -0.2) is 4.98 Å². The molecule has 2 aromatic rings. The Kier molecular flexibility index (Phi) is 2.53. The van der Waals surface area contributed by atoms with Gasteiger partial charge in [-0.2, -0.15) is 0 Å². The van der Waals surface area contributed by atoms with E-state index in [1.54, 1.807) is 0 Å². The van der Waals surface area contributed by atoms with Gasteiger partial charge in [0.2, 0.25) is 0 Å². The van der Waals surface area contributed by atoms with Crippen molar-refractivity contribution < 1.29 is 4.74 Å². The maximum atomic E-state index is 6.10. The van der Waals surface area contributed by atoms with Crippen LogP contribution in [0.3, 0.4) is 0 Å². The highest BCUT2D eigenvalue weighted by atomic mass is 35.5.